The van der Waals surface area contributed by atoms with E-state index in [2.05, 4.69) is 36.5 Å². The summed E-state index contributed by atoms with van der Waals surface area (Å²) in [5.74, 6) is 0. The zero-order valence-corrected chi connectivity index (χ0v) is 11.7. The SMILES string of the molecule is CC([NH2+]Cc1ccccc1)c1ccc(Cl)cc1Cl. The predicted octanol–water partition coefficient (Wildman–Crippen LogP) is 3.82. The molecule has 2 N–H and O–H groups in total. The standard InChI is InChI=1S/C15H15Cl2N/c1-11(14-8-7-13(16)9-15(14)17)18-10-12-5-3-2-4-6-12/h2-9,11,18H,10H2,1H3/p+1. The highest BCUT2D eigenvalue weighted by molar-refractivity contribution is 6.35. The van der Waals surface area contributed by atoms with Crippen molar-refractivity contribution in [3.8, 4) is 0 Å². The first-order valence-electron chi connectivity index (χ1n) is 5.99. The lowest BCUT2D eigenvalue weighted by Crippen LogP contribution is -2.83. The zero-order valence-electron chi connectivity index (χ0n) is 10.2. The van der Waals surface area contributed by atoms with E-state index in [1.54, 1.807) is 6.07 Å². The van der Waals surface area contributed by atoms with E-state index in [1.807, 2.05) is 18.2 Å². The molecule has 0 radical (unpaired) electrons. The number of quaternary nitrogens is 1. The maximum absolute atomic E-state index is 6.20. The van der Waals surface area contributed by atoms with E-state index in [0.717, 1.165) is 17.1 Å². The maximum atomic E-state index is 6.20. The third kappa shape index (κ3) is 3.49. The monoisotopic (exact) mass is 280 g/mol. The predicted molar refractivity (Wildman–Crippen MR) is 76.9 cm³/mol. The average Bonchev–Trinajstić information content (AvgIpc) is 2.37. The van der Waals surface area contributed by atoms with E-state index in [4.69, 9.17) is 23.2 Å². The van der Waals surface area contributed by atoms with Gasteiger partial charge in [0.25, 0.3) is 0 Å². The van der Waals surface area contributed by atoms with Crippen molar-refractivity contribution in [3.63, 3.8) is 0 Å². The van der Waals surface area contributed by atoms with Crippen molar-refractivity contribution < 1.29 is 5.32 Å². The molecular weight excluding hydrogens is 265 g/mol. The number of hydrogen-bond acceptors (Lipinski definition) is 0. The molecule has 1 atom stereocenters. The van der Waals surface area contributed by atoms with E-state index in [-0.39, 0.29) is 0 Å². The summed E-state index contributed by atoms with van der Waals surface area (Å²) < 4.78 is 0. The summed E-state index contributed by atoms with van der Waals surface area (Å²) in [5.41, 5.74) is 2.44. The molecule has 0 spiro atoms. The van der Waals surface area contributed by atoms with Crippen LogP contribution in [0, 0.1) is 0 Å². The van der Waals surface area contributed by atoms with Gasteiger partial charge in [-0.2, -0.15) is 0 Å². The van der Waals surface area contributed by atoms with Crippen molar-refractivity contribution in [2.45, 2.75) is 19.5 Å². The molecule has 3 heteroatoms. The van der Waals surface area contributed by atoms with Gasteiger partial charge < -0.3 is 5.32 Å². The van der Waals surface area contributed by atoms with Crippen LogP contribution in [0.4, 0.5) is 0 Å². The van der Waals surface area contributed by atoms with Crippen LogP contribution in [-0.4, -0.2) is 0 Å². The first-order chi connectivity index (χ1) is 8.66. The van der Waals surface area contributed by atoms with Crippen molar-refractivity contribution in [2.24, 2.45) is 0 Å². The van der Waals surface area contributed by atoms with Crippen LogP contribution in [0.2, 0.25) is 10.0 Å². The highest BCUT2D eigenvalue weighted by atomic mass is 35.5. The van der Waals surface area contributed by atoms with Gasteiger partial charge in [0.1, 0.15) is 12.6 Å². The molecular formula is C15H16Cl2N+. The minimum Gasteiger partial charge on any atom is -0.337 e. The molecule has 0 aliphatic carbocycles. The van der Waals surface area contributed by atoms with Gasteiger partial charge in [0.05, 0.1) is 5.02 Å². The Hall–Kier alpha value is -1.02. The van der Waals surface area contributed by atoms with E-state index in [1.165, 1.54) is 5.56 Å². The minimum atomic E-state index is 0.315. The molecule has 2 aromatic rings. The first kappa shape index (κ1) is 13.4. The maximum Gasteiger partial charge on any atom is 0.110 e. The van der Waals surface area contributed by atoms with Crippen LogP contribution >= 0.6 is 23.2 Å². The number of nitrogens with two attached hydrogens (primary N) is 1. The van der Waals surface area contributed by atoms with Crippen LogP contribution in [0.25, 0.3) is 0 Å². The quantitative estimate of drug-likeness (QED) is 0.877. The van der Waals surface area contributed by atoms with Gasteiger partial charge in [-0.05, 0) is 19.1 Å². The zero-order chi connectivity index (χ0) is 13.0. The second kappa shape index (κ2) is 6.24. The summed E-state index contributed by atoms with van der Waals surface area (Å²) in [5, 5.41) is 3.68. The molecule has 0 saturated carbocycles. The molecule has 94 valence electrons. The Morgan fingerprint density at radius 1 is 1.06 bits per heavy atom. The number of benzene rings is 2. The van der Waals surface area contributed by atoms with Crippen LogP contribution in [0.5, 0.6) is 0 Å². The van der Waals surface area contributed by atoms with Crippen LogP contribution < -0.4 is 5.32 Å². The molecule has 1 unspecified atom stereocenters. The topological polar surface area (TPSA) is 16.6 Å². The second-order valence-electron chi connectivity index (χ2n) is 4.38. The third-order valence-corrected chi connectivity index (χ3v) is 3.57. The molecule has 2 aromatic carbocycles. The van der Waals surface area contributed by atoms with Gasteiger partial charge in [-0.15, -0.1) is 0 Å². The Kier molecular flexibility index (Phi) is 4.65. The van der Waals surface area contributed by atoms with Crippen LogP contribution in [0.15, 0.2) is 48.5 Å². The molecule has 0 bridgehead atoms. The highest BCUT2D eigenvalue weighted by Gasteiger charge is 2.12. The molecule has 0 aliphatic heterocycles. The fourth-order valence-corrected chi connectivity index (χ4v) is 2.51. The fourth-order valence-electron chi connectivity index (χ4n) is 1.92. The van der Waals surface area contributed by atoms with Crippen molar-refractivity contribution >= 4 is 23.2 Å². The summed E-state index contributed by atoms with van der Waals surface area (Å²) >= 11 is 12.1. The van der Waals surface area contributed by atoms with Gasteiger partial charge in [-0.25, -0.2) is 0 Å². The van der Waals surface area contributed by atoms with Crippen molar-refractivity contribution in [1.29, 1.82) is 0 Å². The molecule has 0 fully saturated rings. The molecule has 1 nitrogen and oxygen atoms in total. The molecule has 0 aromatic heterocycles. The molecule has 2 rings (SSSR count). The Balaban J connectivity index is 2.01. The normalized spacial score (nSPS) is 12.4. The van der Waals surface area contributed by atoms with Gasteiger partial charge in [0, 0.05) is 16.1 Å². The van der Waals surface area contributed by atoms with Crippen LogP contribution in [-0.2, 0) is 6.54 Å². The average molecular weight is 281 g/mol. The largest absolute Gasteiger partial charge is 0.337 e. The first-order valence-corrected chi connectivity index (χ1v) is 6.74. The van der Waals surface area contributed by atoms with Crippen LogP contribution in [0.3, 0.4) is 0 Å². The summed E-state index contributed by atoms with van der Waals surface area (Å²) in [6.45, 7) is 3.10. The Bertz CT molecular complexity index is 511. The van der Waals surface area contributed by atoms with Gasteiger partial charge >= 0.3 is 0 Å². The molecule has 0 amide bonds. The van der Waals surface area contributed by atoms with Gasteiger partial charge in [-0.3, -0.25) is 0 Å². The number of rotatable bonds is 4. The Labute approximate surface area is 118 Å². The molecule has 0 heterocycles. The number of halogens is 2. The van der Waals surface area contributed by atoms with E-state index < -0.39 is 0 Å². The summed E-state index contributed by atoms with van der Waals surface area (Å²) in [6.07, 6.45) is 0. The number of hydrogen-bond donors (Lipinski definition) is 1. The lowest BCUT2D eigenvalue weighted by molar-refractivity contribution is -0.707. The molecule has 0 aliphatic rings. The fraction of sp³-hybridized carbons (Fsp3) is 0.200. The molecule has 18 heavy (non-hydrogen) atoms. The van der Waals surface area contributed by atoms with E-state index >= 15 is 0 Å². The summed E-state index contributed by atoms with van der Waals surface area (Å²) in [4.78, 5) is 0. The Morgan fingerprint density at radius 2 is 1.78 bits per heavy atom. The second-order valence-corrected chi connectivity index (χ2v) is 5.22. The summed E-state index contributed by atoms with van der Waals surface area (Å²) in [7, 11) is 0. The van der Waals surface area contributed by atoms with Crippen LogP contribution in [0.1, 0.15) is 24.1 Å². The lowest BCUT2D eigenvalue weighted by Gasteiger charge is -2.13. The minimum absolute atomic E-state index is 0.315. The van der Waals surface area contributed by atoms with Gasteiger partial charge in [0.2, 0.25) is 0 Å². The van der Waals surface area contributed by atoms with Gasteiger partial charge in [0.15, 0.2) is 0 Å². The highest BCUT2D eigenvalue weighted by Crippen LogP contribution is 2.24. The van der Waals surface area contributed by atoms with Gasteiger partial charge in [-0.1, -0.05) is 59.6 Å². The van der Waals surface area contributed by atoms with E-state index in [0.29, 0.717) is 11.1 Å². The Morgan fingerprint density at radius 3 is 2.44 bits per heavy atom. The lowest BCUT2D eigenvalue weighted by atomic mass is 10.1. The third-order valence-electron chi connectivity index (χ3n) is 3.00. The van der Waals surface area contributed by atoms with E-state index in [9.17, 15) is 0 Å². The van der Waals surface area contributed by atoms with Crippen molar-refractivity contribution in [1.82, 2.24) is 0 Å². The molecule has 0 saturated heterocycles. The summed E-state index contributed by atoms with van der Waals surface area (Å²) in [6, 6.07) is 16.4. The van der Waals surface area contributed by atoms with Crippen molar-refractivity contribution in [2.75, 3.05) is 0 Å². The smallest absolute Gasteiger partial charge is 0.110 e. The van der Waals surface area contributed by atoms with Crippen molar-refractivity contribution in [3.05, 3.63) is 69.7 Å².